The molecule has 0 aliphatic carbocycles. The third-order valence-electron chi connectivity index (χ3n) is 2.41. The summed E-state index contributed by atoms with van der Waals surface area (Å²) in [6, 6.07) is 9.41. The van der Waals surface area contributed by atoms with Crippen molar-refractivity contribution in [1.29, 1.82) is 5.26 Å². The van der Waals surface area contributed by atoms with Crippen LogP contribution in [-0.4, -0.2) is 19.6 Å². The summed E-state index contributed by atoms with van der Waals surface area (Å²) in [5.41, 5.74) is 2.24. The van der Waals surface area contributed by atoms with Gasteiger partial charge in [0.25, 0.3) is 0 Å². The Morgan fingerprint density at radius 2 is 2.00 bits per heavy atom. The first-order chi connectivity index (χ1) is 8.40. The SMILES string of the molecule is N#Cc1c(-c2ccccn2)nn2cccnc12. The molecular formula is C12H7N5. The van der Waals surface area contributed by atoms with Crippen LogP contribution in [0.25, 0.3) is 17.0 Å². The van der Waals surface area contributed by atoms with E-state index in [-0.39, 0.29) is 0 Å². The first-order valence-corrected chi connectivity index (χ1v) is 5.05. The molecule has 3 aromatic heterocycles. The van der Waals surface area contributed by atoms with E-state index in [2.05, 4.69) is 21.1 Å². The molecule has 5 nitrogen and oxygen atoms in total. The second-order valence-corrected chi connectivity index (χ2v) is 3.44. The molecule has 0 aliphatic rings. The highest BCUT2D eigenvalue weighted by atomic mass is 15.3. The Balaban J connectivity index is 2.35. The molecule has 0 spiro atoms. The fourth-order valence-electron chi connectivity index (χ4n) is 1.67. The molecule has 3 rings (SSSR count). The van der Waals surface area contributed by atoms with Gasteiger partial charge in [-0.1, -0.05) is 6.07 Å². The maximum Gasteiger partial charge on any atom is 0.173 e. The van der Waals surface area contributed by atoms with Gasteiger partial charge in [-0.15, -0.1) is 0 Å². The smallest absolute Gasteiger partial charge is 0.173 e. The summed E-state index contributed by atoms with van der Waals surface area (Å²) >= 11 is 0. The van der Waals surface area contributed by atoms with Crippen molar-refractivity contribution in [1.82, 2.24) is 19.6 Å². The molecule has 0 saturated heterocycles. The second-order valence-electron chi connectivity index (χ2n) is 3.44. The molecule has 0 fully saturated rings. The van der Waals surface area contributed by atoms with Gasteiger partial charge in [0, 0.05) is 18.6 Å². The minimum Gasteiger partial charge on any atom is -0.254 e. The largest absolute Gasteiger partial charge is 0.254 e. The number of hydrogen-bond acceptors (Lipinski definition) is 4. The third-order valence-corrected chi connectivity index (χ3v) is 2.41. The van der Waals surface area contributed by atoms with Crippen LogP contribution in [0.5, 0.6) is 0 Å². The number of rotatable bonds is 1. The number of nitriles is 1. The number of fused-ring (bicyclic) bond motifs is 1. The fourth-order valence-corrected chi connectivity index (χ4v) is 1.67. The van der Waals surface area contributed by atoms with E-state index in [9.17, 15) is 5.26 Å². The first-order valence-electron chi connectivity index (χ1n) is 5.05. The standard InChI is InChI=1S/C12H7N5/c13-8-9-11(10-4-1-2-5-14-10)16-17-7-3-6-15-12(9)17/h1-7H. The highest BCUT2D eigenvalue weighted by Crippen LogP contribution is 2.21. The summed E-state index contributed by atoms with van der Waals surface area (Å²) in [7, 11) is 0. The molecular weight excluding hydrogens is 214 g/mol. The van der Waals surface area contributed by atoms with Crippen LogP contribution >= 0.6 is 0 Å². The van der Waals surface area contributed by atoms with Gasteiger partial charge in [-0.25, -0.2) is 9.50 Å². The fraction of sp³-hybridized carbons (Fsp3) is 0. The topological polar surface area (TPSA) is 66.9 Å². The molecule has 0 radical (unpaired) electrons. The van der Waals surface area contributed by atoms with Crippen molar-refractivity contribution in [3.8, 4) is 17.5 Å². The van der Waals surface area contributed by atoms with Gasteiger partial charge in [0.2, 0.25) is 0 Å². The molecule has 0 aromatic carbocycles. The van der Waals surface area contributed by atoms with Crippen LogP contribution in [-0.2, 0) is 0 Å². The van der Waals surface area contributed by atoms with Crippen LogP contribution in [0.15, 0.2) is 42.9 Å². The third kappa shape index (κ3) is 1.43. The molecule has 0 aliphatic heterocycles. The zero-order valence-corrected chi connectivity index (χ0v) is 8.78. The van der Waals surface area contributed by atoms with Gasteiger partial charge in [-0.3, -0.25) is 4.98 Å². The Bertz CT molecular complexity index is 709. The van der Waals surface area contributed by atoms with Crippen molar-refractivity contribution in [3.63, 3.8) is 0 Å². The number of hydrogen-bond donors (Lipinski definition) is 0. The summed E-state index contributed by atoms with van der Waals surface area (Å²) in [6.07, 6.45) is 5.07. The molecule has 0 N–H and O–H groups in total. The average molecular weight is 221 g/mol. The van der Waals surface area contributed by atoms with Crippen molar-refractivity contribution in [2.45, 2.75) is 0 Å². The minimum atomic E-state index is 0.448. The van der Waals surface area contributed by atoms with Crippen molar-refractivity contribution < 1.29 is 0 Å². The first kappa shape index (κ1) is 9.48. The van der Waals surface area contributed by atoms with Crippen LogP contribution < -0.4 is 0 Å². The van der Waals surface area contributed by atoms with Gasteiger partial charge in [0.05, 0.1) is 5.69 Å². The predicted molar refractivity (Wildman–Crippen MR) is 60.9 cm³/mol. The van der Waals surface area contributed by atoms with Crippen molar-refractivity contribution in [2.24, 2.45) is 0 Å². The summed E-state index contributed by atoms with van der Waals surface area (Å²) < 4.78 is 1.59. The Morgan fingerprint density at radius 1 is 1.12 bits per heavy atom. The Morgan fingerprint density at radius 3 is 2.76 bits per heavy atom. The highest BCUT2D eigenvalue weighted by Gasteiger charge is 2.15. The van der Waals surface area contributed by atoms with Crippen molar-refractivity contribution in [2.75, 3.05) is 0 Å². The molecule has 5 heteroatoms. The van der Waals surface area contributed by atoms with E-state index in [1.165, 1.54) is 0 Å². The van der Waals surface area contributed by atoms with E-state index in [1.54, 1.807) is 29.2 Å². The van der Waals surface area contributed by atoms with E-state index in [0.717, 1.165) is 0 Å². The van der Waals surface area contributed by atoms with Crippen molar-refractivity contribution in [3.05, 3.63) is 48.4 Å². The maximum atomic E-state index is 9.20. The maximum absolute atomic E-state index is 9.20. The molecule has 3 heterocycles. The van der Waals surface area contributed by atoms with Gasteiger partial charge in [0.15, 0.2) is 5.65 Å². The van der Waals surface area contributed by atoms with Crippen LogP contribution in [0.4, 0.5) is 0 Å². The van der Waals surface area contributed by atoms with Crippen LogP contribution in [0.1, 0.15) is 5.56 Å². The Kier molecular flexibility index (Phi) is 2.06. The zero-order valence-electron chi connectivity index (χ0n) is 8.78. The number of aromatic nitrogens is 4. The molecule has 80 valence electrons. The van der Waals surface area contributed by atoms with E-state index in [0.29, 0.717) is 22.6 Å². The van der Waals surface area contributed by atoms with Gasteiger partial charge < -0.3 is 0 Å². The van der Waals surface area contributed by atoms with E-state index < -0.39 is 0 Å². The molecule has 17 heavy (non-hydrogen) atoms. The molecule has 0 amide bonds. The lowest BCUT2D eigenvalue weighted by molar-refractivity contribution is 0.940. The summed E-state index contributed by atoms with van der Waals surface area (Å²) in [4.78, 5) is 8.35. The molecule has 3 aromatic rings. The van der Waals surface area contributed by atoms with E-state index in [4.69, 9.17) is 0 Å². The van der Waals surface area contributed by atoms with Crippen LogP contribution in [0.2, 0.25) is 0 Å². The van der Waals surface area contributed by atoms with Crippen LogP contribution in [0.3, 0.4) is 0 Å². The second kappa shape index (κ2) is 3.68. The summed E-state index contributed by atoms with van der Waals surface area (Å²) in [6.45, 7) is 0. The van der Waals surface area contributed by atoms with E-state index in [1.807, 2.05) is 18.2 Å². The minimum absolute atomic E-state index is 0.448. The lowest BCUT2D eigenvalue weighted by Gasteiger charge is -1.93. The summed E-state index contributed by atoms with van der Waals surface area (Å²) in [5, 5.41) is 13.5. The quantitative estimate of drug-likeness (QED) is 0.626. The Labute approximate surface area is 97.0 Å². The lowest BCUT2D eigenvalue weighted by Crippen LogP contribution is -1.87. The number of nitrogens with zero attached hydrogens (tertiary/aromatic N) is 5. The molecule has 0 atom stereocenters. The molecule has 0 bridgehead atoms. The Hall–Kier alpha value is -2.74. The van der Waals surface area contributed by atoms with Crippen molar-refractivity contribution >= 4 is 5.65 Å². The zero-order chi connectivity index (χ0) is 11.7. The predicted octanol–water partition coefficient (Wildman–Crippen LogP) is 1.66. The van der Waals surface area contributed by atoms with Gasteiger partial charge in [-0.05, 0) is 18.2 Å². The molecule has 0 unspecified atom stereocenters. The highest BCUT2D eigenvalue weighted by molar-refractivity contribution is 5.72. The van der Waals surface area contributed by atoms with E-state index >= 15 is 0 Å². The lowest BCUT2D eigenvalue weighted by atomic mass is 10.2. The summed E-state index contributed by atoms with van der Waals surface area (Å²) in [5.74, 6) is 0. The molecule has 0 saturated carbocycles. The monoisotopic (exact) mass is 221 g/mol. The number of pyridine rings is 1. The average Bonchev–Trinajstić information content (AvgIpc) is 2.78. The van der Waals surface area contributed by atoms with Gasteiger partial charge in [0.1, 0.15) is 17.3 Å². The van der Waals surface area contributed by atoms with Crippen LogP contribution in [0, 0.1) is 11.3 Å². The normalized spacial score (nSPS) is 10.3. The van der Waals surface area contributed by atoms with Gasteiger partial charge in [-0.2, -0.15) is 10.4 Å². The van der Waals surface area contributed by atoms with Gasteiger partial charge >= 0.3 is 0 Å².